The van der Waals surface area contributed by atoms with Crippen LogP contribution in [0.25, 0.3) is 0 Å². The fourth-order valence-electron chi connectivity index (χ4n) is 4.45. The molecule has 2 fully saturated rings. The zero-order valence-electron chi connectivity index (χ0n) is 21.8. The van der Waals surface area contributed by atoms with Crippen LogP contribution in [0.5, 0.6) is 0 Å². The standard InChI is InChI=1S/C24H46N2O11/c1-3-4-5-6-7-8-10-34-23-17(26-14(2)28)19(30)22(16(36-23)13-33-11-9-25)37-24-21(32)20(31)18(29)15(12-27)35-24/h15-24,27,29-32H,3-13,25H2,1-2H3,(H,26,28)/t15-,16-,17-,18+,19-,20+,21-,22-,23-,24+/m1/s1. The molecule has 2 aliphatic heterocycles. The van der Waals surface area contributed by atoms with Crippen LogP contribution in [-0.4, -0.2) is 126 Å². The van der Waals surface area contributed by atoms with Gasteiger partial charge in [-0.25, -0.2) is 0 Å². The predicted molar refractivity (Wildman–Crippen MR) is 130 cm³/mol. The van der Waals surface area contributed by atoms with Crippen LogP contribution >= 0.6 is 0 Å². The monoisotopic (exact) mass is 538 g/mol. The Balaban J connectivity index is 2.13. The van der Waals surface area contributed by atoms with E-state index in [0.29, 0.717) is 6.61 Å². The molecular formula is C24H46N2O11. The summed E-state index contributed by atoms with van der Waals surface area (Å²) in [6, 6.07) is -1.02. The third-order valence-corrected chi connectivity index (χ3v) is 6.51. The Morgan fingerprint density at radius 1 is 0.892 bits per heavy atom. The van der Waals surface area contributed by atoms with Crippen molar-refractivity contribution >= 4 is 5.91 Å². The first kappa shape index (κ1) is 32.2. The number of aliphatic hydroxyl groups is 5. The van der Waals surface area contributed by atoms with Gasteiger partial charge in [0.2, 0.25) is 5.91 Å². The lowest BCUT2D eigenvalue weighted by molar-refractivity contribution is -0.349. The highest BCUT2D eigenvalue weighted by atomic mass is 16.7. The van der Waals surface area contributed by atoms with Crippen LogP contribution in [-0.2, 0) is 28.5 Å². The smallest absolute Gasteiger partial charge is 0.217 e. The van der Waals surface area contributed by atoms with E-state index in [9.17, 15) is 30.3 Å². The zero-order chi connectivity index (χ0) is 27.4. The molecule has 1 amide bonds. The van der Waals surface area contributed by atoms with Gasteiger partial charge >= 0.3 is 0 Å². The van der Waals surface area contributed by atoms with E-state index in [1.54, 1.807) is 0 Å². The van der Waals surface area contributed by atoms with E-state index in [1.165, 1.54) is 13.3 Å². The minimum Gasteiger partial charge on any atom is -0.394 e. The average Bonchev–Trinajstić information content (AvgIpc) is 2.87. The fraction of sp³-hybridized carbons (Fsp3) is 0.958. The van der Waals surface area contributed by atoms with E-state index < -0.39 is 73.9 Å². The van der Waals surface area contributed by atoms with Crippen LogP contribution in [0.3, 0.4) is 0 Å². The SMILES string of the molecule is CCCCCCCCO[C@@H]1O[C@H](COCCN)[C@@H](O[C@@H]2O[C@H](CO)[C@H](O)[C@H](O)[C@H]2O)[C@H](O)[C@H]1NC(C)=O. The number of nitrogens with two attached hydrogens (primary N) is 1. The highest BCUT2D eigenvalue weighted by molar-refractivity contribution is 5.73. The molecule has 2 aliphatic rings. The molecular weight excluding hydrogens is 492 g/mol. The number of nitrogens with one attached hydrogen (secondary N) is 1. The molecule has 0 saturated carbocycles. The molecule has 8 N–H and O–H groups in total. The first-order valence-corrected chi connectivity index (χ1v) is 13.2. The number of hydrogen-bond donors (Lipinski definition) is 7. The van der Waals surface area contributed by atoms with E-state index in [4.69, 9.17) is 29.4 Å². The van der Waals surface area contributed by atoms with Crippen molar-refractivity contribution in [1.82, 2.24) is 5.32 Å². The lowest BCUT2D eigenvalue weighted by Gasteiger charge is -2.47. The van der Waals surface area contributed by atoms with Crippen LogP contribution in [0.2, 0.25) is 0 Å². The number of carbonyl (C=O) groups is 1. The normalized spacial score (nSPS) is 36.4. The van der Waals surface area contributed by atoms with Crippen molar-refractivity contribution in [2.75, 3.05) is 33.0 Å². The van der Waals surface area contributed by atoms with E-state index in [2.05, 4.69) is 12.2 Å². The molecule has 218 valence electrons. The Morgan fingerprint density at radius 2 is 1.57 bits per heavy atom. The summed E-state index contributed by atoms with van der Waals surface area (Å²) >= 11 is 0. The van der Waals surface area contributed by atoms with Crippen LogP contribution in [0.1, 0.15) is 52.4 Å². The highest BCUT2D eigenvalue weighted by Crippen LogP contribution is 2.30. The van der Waals surface area contributed by atoms with Gasteiger partial charge in [0.05, 0.1) is 19.8 Å². The molecule has 0 aliphatic carbocycles. The lowest BCUT2D eigenvalue weighted by Crippen LogP contribution is -2.67. The van der Waals surface area contributed by atoms with Gasteiger partial charge in [-0.15, -0.1) is 0 Å². The molecule has 0 aromatic carbocycles. The molecule has 10 atom stereocenters. The molecule has 2 saturated heterocycles. The summed E-state index contributed by atoms with van der Waals surface area (Å²) in [4.78, 5) is 11.9. The average molecular weight is 539 g/mol. The first-order chi connectivity index (χ1) is 17.7. The first-order valence-electron chi connectivity index (χ1n) is 13.2. The zero-order valence-corrected chi connectivity index (χ0v) is 21.8. The maximum atomic E-state index is 11.9. The number of unbranched alkanes of at least 4 members (excludes halogenated alkanes) is 5. The highest BCUT2D eigenvalue weighted by Gasteiger charge is 2.51. The summed E-state index contributed by atoms with van der Waals surface area (Å²) in [6.07, 6.45) is -5.80. The van der Waals surface area contributed by atoms with Crippen molar-refractivity contribution in [3.05, 3.63) is 0 Å². The number of carbonyl (C=O) groups excluding carboxylic acids is 1. The van der Waals surface area contributed by atoms with Gasteiger partial charge in [0, 0.05) is 20.1 Å². The minimum atomic E-state index is -1.68. The van der Waals surface area contributed by atoms with Crippen molar-refractivity contribution < 1.29 is 54.0 Å². The van der Waals surface area contributed by atoms with Crippen LogP contribution in [0, 0.1) is 0 Å². The fourth-order valence-corrected chi connectivity index (χ4v) is 4.45. The molecule has 0 aromatic heterocycles. The molecule has 0 spiro atoms. The van der Waals surface area contributed by atoms with E-state index in [0.717, 1.165) is 32.1 Å². The van der Waals surface area contributed by atoms with Crippen molar-refractivity contribution in [2.24, 2.45) is 5.73 Å². The third-order valence-electron chi connectivity index (χ3n) is 6.51. The Bertz CT molecular complexity index is 644. The molecule has 0 aromatic rings. The van der Waals surface area contributed by atoms with E-state index >= 15 is 0 Å². The van der Waals surface area contributed by atoms with Gasteiger partial charge in [-0.3, -0.25) is 4.79 Å². The summed E-state index contributed by atoms with van der Waals surface area (Å²) in [7, 11) is 0. The Hall–Kier alpha value is -0.970. The van der Waals surface area contributed by atoms with E-state index in [1.807, 2.05) is 0 Å². The molecule has 37 heavy (non-hydrogen) atoms. The van der Waals surface area contributed by atoms with Crippen molar-refractivity contribution in [3.63, 3.8) is 0 Å². The quantitative estimate of drug-likeness (QED) is 0.108. The maximum absolute atomic E-state index is 11.9. The van der Waals surface area contributed by atoms with Gasteiger partial charge in [-0.05, 0) is 6.42 Å². The Kier molecular flexibility index (Phi) is 14.7. The number of amides is 1. The minimum absolute atomic E-state index is 0.0555. The van der Waals surface area contributed by atoms with Gasteiger partial charge in [0.25, 0.3) is 0 Å². The number of hydrogen-bond acceptors (Lipinski definition) is 12. The van der Waals surface area contributed by atoms with Gasteiger partial charge in [0.1, 0.15) is 48.8 Å². The second kappa shape index (κ2) is 16.9. The summed E-state index contributed by atoms with van der Waals surface area (Å²) in [5.74, 6) is -0.426. The molecule has 0 bridgehead atoms. The van der Waals surface area contributed by atoms with Gasteiger partial charge < -0.3 is 60.3 Å². The maximum Gasteiger partial charge on any atom is 0.217 e. The molecule has 0 unspecified atom stereocenters. The third kappa shape index (κ3) is 9.62. The molecule has 2 heterocycles. The number of aliphatic hydroxyl groups excluding tert-OH is 5. The molecule has 13 nitrogen and oxygen atoms in total. The number of rotatable bonds is 16. The summed E-state index contributed by atoms with van der Waals surface area (Å²) < 4.78 is 28.8. The van der Waals surface area contributed by atoms with Crippen molar-refractivity contribution in [1.29, 1.82) is 0 Å². The van der Waals surface area contributed by atoms with Crippen LogP contribution in [0.15, 0.2) is 0 Å². The van der Waals surface area contributed by atoms with Crippen molar-refractivity contribution in [3.8, 4) is 0 Å². The van der Waals surface area contributed by atoms with Crippen LogP contribution in [0.4, 0.5) is 0 Å². The molecule has 2 rings (SSSR count). The Morgan fingerprint density at radius 3 is 2.22 bits per heavy atom. The van der Waals surface area contributed by atoms with Gasteiger partial charge in [0.15, 0.2) is 12.6 Å². The lowest BCUT2D eigenvalue weighted by atomic mass is 9.95. The second-order valence-electron chi connectivity index (χ2n) is 9.56. The Labute approximate surface area is 218 Å². The van der Waals surface area contributed by atoms with Gasteiger partial charge in [-0.1, -0.05) is 39.0 Å². The molecule has 0 radical (unpaired) electrons. The topological polar surface area (TPSA) is 202 Å². The number of ether oxygens (including phenoxy) is 5. The van der Waals surface area contributed by atoms with Gasteiger partial charge in [-0.2, -0.15) is 0 Å². The molecule has 13 heteroatoms. The van der Waals surface area contributed by atoms with Crippen LogP contribution < -0.4 is 11.1 Å². The summed E-state index contributed by atoms with van der Waals surface area (Å²) in [5.41, 5.74) is 5.51. The largest absolute Gasteiger partial charge is 0.394 e. The van der Waals surface area contributed by atoms with Crippen molar-refractivity contribution in [2.45, 2.75) is 114 Å². The summed E-state index contributed by atoms with van der Waals surface area (Å²) in [6.45, 7) is 3.57. The predicted octanol–water partition coefficient (Wildman–Crippen LogP) is -1.89. The summed E-state index contributed by atoms with van der Waals surface area (Å²) in [5, 5.41) is 54.0. The van der Waals surface area contributed by atoms with E-state index in [-0.39, 0.29) is 19.8 Å². The second-order valence-corrected chi connectivity index (χ2v) is 9.56.